The second-order valence-electron chi connectivity index (χ2n) is 6.28. The van der Waals surface area contributed by atoms with Gasteiger partial charge in [-0.1, -0.05) is 90.4 Å². The summed E-state index contributed by atoms with van der Waals surface area (Å²) in [5.74, 6) is 0. The summed E-state index contributed by atoms with van der Waals surface area (Å²) in [5, 5.41) is 17.5. The SMILES string of the molecule is CCCCCCCCCCCCCCCCPCB(O)O. The minimum Gasteiger partial charge on any atom is -0.427 e. The molecule has 21 heavy (non-hydrogen) atoms. The maximum atomic E-state index is 8.73. The first-order valence-corrected chi connectivity index (χ1v) is 10.8. The van der Waals surface area contributed by atoms with Gasteiger partial charge in [-0.15, -0.1) is 8.58 Å². The van der Waals surface area contributed by atoms with E-state index in [1.165, 1.54) is 96.1 Å². The van der Waals surface area contributed by atoms with Crippen LogP contribution < -0.4 is 0 Å². The Hall–Kier alpha value is 0.415. The monoisotopic (exact) mass is 316 g/mol. The molecule has 0 aromatic carbocycles. The largest absolute Gasteiger partial charge is 0.455 e. The second-order valence-corrected chi connectivity index (χ2v) is 7.69. The highest BCUT2D eigenvalue weighted by atomic mass is 31.1. The number of rotatable bonds is 17. The molecule has 0 aromatic heterocycles. The molecule has 0 spiro atoms. The molecule has 0 aliphatic rings. The van der Waals surface area contributed by atoms with Crippen molar-refractivity contribution >= 4 is 15.7 Å². The van der Waals surface area contributed by atoms with Gasteiger partial charge in [-0.2, -0.15) is 0 Å². The molecule has 0 heterocycles. The van der Waals surface area contributed by atoms with Crippen molar-refractivity contribution in [2.24, 2.45) is 0 Å². The molecule has 2 nitrogen and oxygen atoms in total. The van der Waals surface area contributed by atoms with Crippen molar-refractivity contribution < 1.29 is 10.0 Å². The third-order valence-electron chi connectivity index (χ3n) is 4.03. The van der Waals surface area contributed by atoms with Crippen molar-refractivity contribution in [1.82, 2.24) is 0 Å². The third-order valence-corrected chi connectivity index (χ3v) is 5.39. The zero-order valence-electron chi connectivity index (χ0n) is 14.3. The normalized spacial score (nSPS) is 11.6. The molecule has 2 N–H and O–H groups in total. The molecule has 1 unspecified atom stereocenters. The van der Waals surface area contributed by atoms with Gasteiger partial charge in [0.1, 0.15) is 0 Å². The van der Waals surface area contributed by atoms with E-state index >= 15 is 0 Å². The molecule has 0 bridgehead atoms. The van der Waals surface area contributed by atoms with Crippen LogP contribution in [0.4, 0.5) is 0 Å². The molecule has 0 saturated heterocycles. The van der Waals surface area contributed by atoms with Gasteiger partial charge >= 0.3 is 7.12 Å². The molecule has 4 heteroatoms. The molecule has 0 aromatic rings. The fraction of sp³-hybridized carbons (Fsp3) is 1.00. The highest BCUT2D eigenvalue weighted by Crippen LogP contribution is 2.16. The van der Waals surface area contributed by atoms with E-state index in [1.807, 2.05) is 0 Å². The summed E-state index contributed by atoms with van der Waals surface area (Å²) in [7, 11) is -0.364. The standard InChI is InChI=1S/C17H38BO2P/c1-2-3-4-5-6-7-8-9-10-11-12-13-14-15-16-21-17-18(19)20/h19-21H,2-17H2,1H3. The highest BCUT2D eigenvalue weighted by Gasteiger charge is 2.04. The highest BCUT2D eigenvalue weighted by molar-refractivity contribution is 7.40. The van der Waals surface area contributed by atoms with Gasteiger partial charge in [0.05, 0.1) is 0 Å². The lowest BCUT2D eigenvalue weighted by molar-refractivity contribution is 0.415. The van der Waals surface area contributed by atoms with Gasteiger partial charge < -0.3 is 10.0 Å². The molecule has 0 aliphatic carbocycles. The van der Waals surface area contributed by atoms with Crippen LogP contribution in [-0.2, 0) is 0 Å². The lowest BCUT2D eigenvalue weighted by Crippen LogP contribution is -2.13. The molecule has 0 fully saturated rings. The molecule has 126 valence electrons. The van der Waals surface area contributed by atoms with Gasteiger partial charge in [0.25, 0.3) is 0 Å². The van der Waals surface area contributed by atoms with Crippen LogP contribution in [-0.4, -0.2) is 29.4 Å². The van der Waals surface area contributed by atoms with E-state index in [2.05, 4.69) is 6.92 Å². The summed E-state index contributed by atoms with van der Waals surface area (Å²) in [4.78, 5) is 0. The van der Waals surface area contributed by atoms with Crippen LogP contribution in [0.3, 0.4) is 0 Å². The Kier molecular flexibility index (Phi) is 18.8. The van der Waals surface area contributed by atoms with Crippen LogP contribution in [0.1, 0.15) is 96.8 Å². The summed E-state index contributed by atoms with van der Waals surface area (Å²) in [5.41, 5.74) is 0. The first-order chi connectivity index (χ1) is 10.3. The van der Waals surface area contributed by atoms with Crippen LogP contribution in [0.2, 0.25) is 0 Å². The van der Waals surface area contributed by atoms with Crippen LogP contribution in [0.15, 0.2) is 0 Å². The van der Waals surface area contributed by atoms with Gasteiger partial charge in [0.2, 0.25) is 0 Å². The topological polar surface area (TPSA) is 40.5 Å². The Balaban J connectivity index is 2.93. The zero-order valence-corrected chi connectivity index (χ0v) is 15.3. The van der Waals surface area contributed by atoms with Crippen molar-refractivity contribution in [3.05, 3.63) is 0 Å². The van der Waals surface area contributed by atoms with E-state index < -0.39 is 7.12 Å². The predicted octanol–water partition coefficient (Wildman–Crippen LogP) is 5.16. The number of hydrogen-bond donors (Lipinski definition) is 2. The quantitative estimate of drug-likeness (QED) is 0.221. The van der Waals surface area contributed by atoms with Gasteiger partial charge in [-0.3, -0.25) is 0 Å². The summed E-state index contributed by atoms with van der Waals surface area (Å²) in [6, 6.07) is 0.568. The van der Waals surface area contributed by atoms with Gasteiger partial charge in [0.15, 0.2) is 0 Å². The molecule has 0 aliphatic heterocycles. The smallest absolute Gasteiger partial charge is 0.427 e. The van der Waals surface area contributed by atoms with Crippen LogP contribution in [0.5, 0.6) is 0 Å². The minimum absolute atomic E-state index is 0.568. The molecule has 0 amide bonds. The molecular weight excluding hydrogens is 278 g/mol. The Morgan fingerprint density at radius 3 is 1.38 bits per heavy atom. The van der Waals surface area contributed by atoms with Gasteiger partial charge in [-0.05, 0) is 18.6 Å². The van der Waals surface area contributed by atoms with Gasteiger partial charge in [-0.25, -0.2) is 0 Å². The van der Waals surface area contributed by atoms with E-state index in [9.17, 15) is 0 Å². The number of hydrogen-bond acceptors (Lipinski definition) is 2. The van der Waals surface area contributed by atoms with Crippen molar-refractivity contribution in [2.75, 3.05) is 12.2 Å². The van der Waals surface area contributed by atoms with E-state index in [0.717, 1.165) is 8.58 Å². The second kappa shape index (κ2) is 18.5. The first kappa shape index (κ1) is 21.4. The van der Waals surface area contributed by atoms with E-state index in [4.69, 9.17) is 10.0 Å². The van der Waals surface area contributed by atoms with Crippen molar-refractivity contribution in [3.63, 3.8) is 0 Å². The van der Waals surface area contributed by atoms with Crippen LogP contribution in [0.25, 0.3) is 0 Å². The molecule has 0 rings (SSSR count). The summed E-state index contributed by atoms with van der Waals surface area (Å²) in [6.45, 7) is 2.28. The maximum Gasteiger partial charge on any atom is 0.455 e. The van der Waals surface area contributed by atoms with E-state index in [1.54, 1.807) is 0 Å². The Labute approximate surface area is 135 Å². The Morgan fingerprint density at radius 1 is 0.619 bits per heavy atom. The third kappa shape index (κ3) is 20.4. The lowest BCUT2D eigenvalue weighted by atomic mass is 9.98. The molecule has 0 radical (unpaired) electrons. The average molecular weight is 316 g/mol. The zero-order chi connectivity index (χ0) is 15.6. The van der Waals surface area contributed by atoms with Crippen LogP contribution in [0, 0.1) is 0 Å². The van der Waals surface area contributed by atoms with E-state index in [0.29, 0.717) is 6.06 Å². The molecule has 1 atom stereocenters. The Morgan fingerprint density at radius 2 is 1.00 bits per heavy atom. The number of unbranched alkanes of at least 4 members (excludes halogenated alkanes) is 13. The summed E-state index contributed by atoms with van der Waals surface area (Å²) < 4.78 is 0. The van der Waals surface area contributed by atoms with Crippen molar-refractivity contribution in [1.29, 1.82) is 0 Å². The van der Waals surface area contributed by atoms with Crippen molar-refractivity contribution in [2.45, 2.75) is 96.8 Å². The van der Waals surface area contributed by atoms with E-state index in [-0.39, 0.29) is 0 Å². The first-order valence-electron chi connectivity index (χ1n) is 9.34. The minimum atomic E-state index is -1.09. The van der Waals surface area contributed by atoms with Crippen LogP contribution >= 0.6 is 8.58 Å². The average Bonchev–Trinajstić information content (AvgIpc) is 2.46. The summed E-state index contributed by atoms with van der Waals surface area (Å²) >= 11 is 0. The lowest BCUT2D eigenvalue weighted by Gasteiger charge is -2.03. The fourth-order valence-electron chi connectivity index (χ4n) is 2.68. The predicted molar refractivity (Wildman–Crippen MR) is 98.6 cm³/mol. The van der Waals surface area contributed by atoms with Crippen molar-refractivity contribution in [3.8, 4) is 0 Å². The fourth-order valence-corrected chi connectivity index (χ4v) is 3.64. The Bertz CT molecular complexity index is 192. The summed E-state index contributed by atoms with van der Waals surface area (Å²) in [6.07, 6.45) is 20.8. The molecule has 0 saturated carbocycles. The van der Waals surface area contributed by atoms with Gasteiger partial charge in [0, 0.05) is 0 Å². The molecular formula is C17H38BO2P. The maximum absolute atomic E-state index is 8.73.